The second kappa shape index (κ2) is 7.65. The molecule has 6 heteroatoms. The zero-order chi connectivity index (χ0) is 16.8. The molecule has 0 aliphatic rings. The first kappa shape index (κ1) is 16.8. The molecule has 0 heterocycles. The number of hydrogen-bond acceptors (Lipinski definition) is 4. The Bertz CT molecular complexity index is 683. The number of hydrogen-bond donors (Lipinski definition) is 1. The van der Waals surface area contributed by atoms with Crippen LogP contribution in [0.3, 0.4) is 0 Å². The van der Waals surface area contributed by atoms with Crippen molar-refractivity contribution in [1.82, 2.24) is 0 Å². The maximum absolute atomic E-state index is 12.0. The molecule has 0 spiro atoms. The van der Waals surface area contributed by atoms with E-state index in [1.54, 1.807) is 55.6 Å². The average Bonchev–Trinajstić information content (AvgIpc) is 2.56. The van der Waals surface area contributed by atoms with Crippen LogP contribution in [0.4, 0.5) is 5.69 Å². The monoisotopic (exact) mass is 333 g/mol. The van der Waals surface area contributed by atoms with Gasteiger partial charge in [0.1, 0.15) is 5.75 Å². The van der Waals surface area contributed by atoms with Gasteiger partial charge in [-0.25, -0.2) is 4.79 Å². The molecule has 5 nitrogen and oxygen atoms in total. The third kappa shape index (κ3) is 4.72. The molecule has 23 heavy (non-hydrogen) atoms. The summed E-state index contributed by atoms with van der Waals surface area (Å²) in [6.45, 7) is 1.51. The first-order chi connectivity index (χ1) is 11.0. The summed E-state index contributed by atoms with van der Waals surface area (Å²) in [7, 11) is 1.56. The van der Waals surface area contributed by atoms with E-state index in [9.17, 15) is 9.59 Å². The van der Waals surface area contributed by atoms with E-state index < -0.39 is 18.0 Å². The second-order valence-electron chi connectivity index (χ2n) is 4.77. The number of ether oxygens (including phenoxy) is 2. The summed E-state index contributed by atoms with van der Waals surface area (Å²) < 4.78 is 10.2. The Balaban J connectivity index is 1.93. The summed E-state index contributed by atoms with van der Waals surface area (Å²) in [4.78, 5) is 24.0. The first-order valence-corrected chi connectivity index (χ1v) is 7.29. The molecule has 0 fully saturated rings. The Morgan fingerprint density at radius 2 is 1.65 bits per heavy atom. The third-order valence-corrected chi connectivity index (χ3v) is 3.34. The highest BCUT2D eigenvalue weighted by Gasteiger charge is 2.19. The van der Waals surface area contributed by atoms with Gasteiger partial charge in [-0.15, -0.1) is 0 Å². The van der Waals surface area contributed by atoms with Crippen LogP contribution in [0.25, 0.3) is 0 Å². The molecule has 0 radical (unpaired) electrons. The Hall–Kier alpha value is -2.53. The Morgan fingerprint density at radius 1 is 1.04 bits per heavy atom. The molecule has 0 aliphatic heterocycles. The molecule has 1 amide bonds. The van der Waals surface area contributed by atoms with E-state index in [4.69, 9.17) is 21.1 Å². The van der Waals surface area contributed by atoms with Crippen LogP contribution in [0.5, 0.6) is 5.75 Å². The molecule has 0 unspecified atom stereocenters. The number of anilines is 1. The van der Waals surface area contributed by atoms with Gasteiger partial charge in [-0.05, 0) is 55.5 Å². The van der Waals surface area contributed by atoms with Crippen molar-refractivity contribution >= 4 is 29.2 Å². The van der Waals surface area contributed by atoms with Gasteiger partial charge in [-0.1, -0.05) is 11.6 Å². The van der Waals surface area contributed by atoms with E-state index in [0.717, 1.165) is 0 Å². The van der Waals surface area contributed by atoms with Crippen LogP contribution < -0.4 is 10.1 Å². The predicted octanol–water partition coefficient (Wildman–Crippen LogP) is 3.53. The number of nitrogens with one attached hydrogen (secondary N) is 1. The molecule has 0 bridgehead atoms. The SMILES string of the molecule is COc1ccc(NC(=O)[C@@H](C)OC(=O)c2ccc(Cl)cc2)cc1. The van der Waals surface area contributed by atoms with Crippen molar-refractivity contribution in [3.05, 3.63) is 59.1 Å². The smallest absolute Gasteiger partial charge is 0.338 e. The van der Waals surface area contributed by atoms with Crippen LogP contribution in [-0.2, 0) is 9.53 Å². The summed E-state index contributed by atoms with van der Waals surface area (Å²) >= 11 is 5.76. The van der Waals surface area contributed by atoms with Crippen LogP contribution in [0.1, 0.15) is 17.3 Å². The molecule has 0 aromatic heterocycles. The molecule has 0 saturated carbocycles. The molecule has 1 atom stereocenters. The van der Waals surface area contributed by atoms with Crippen LogP contribution in [0.2, 0.25) is 5.02 Å². The highest BCUT2D eigenvalue weighted by Crippen LogP contribution is 2.16. The largest absolute Gasteiger partial charge is 0.497 e. The Kier molecular flexibility index (Phi) is 5.60. The fraction of sp³-hybridized carbons (Fsp3) is 0.176. The molecule has 120 valence electrons. The van der Waals surface area contributed by atoms with Crippen molar-refractivity contribution in [3.63, 3.8) is 0 Å². The first-order valence-electron chi connectivity index (χ1n) is 6.91. The highest BCUT2D eigenvalue weighted by atomic mass is 35.5. The zero-order valence-electron chi connectivity index (χ0n) is 12.7. The minimum atomic E-state index is -0.930. The molecule has 2 rings (SSSR count). The van der Waals surface area contributed by atoms with Gasteiger partial charge in [0.2, 0.25) is 0 Å². The van der Waals surface area contributed by atoms with Gasteiger partial charge in [0.15, 0.2) is 6.10 Å². The molecule has 0 saturated heterocycles. The van der Waals surface area contributed by atoms with E-state index in [0.29, 0.717) is 22.0 Å². The summed E-state index contributed by atoms with van der Waals surface area (Å²) in [6.07, 6.45) is -0.930. The van der Waals surface area contributed by atoms with Crippen LogP contribution in [0.15, 0.2) is 48.5 Å². The highest BCUT2D eigenvalue weighted by molar-refractivity contribution is 6.30. The van der Waals surface area contributed by atoms with Crippen molar-refractivity contribution in [2.24, 2.45) is 0 Å². The van der Waals surface area contributed by atoms with Gasteiger partial charge in [0.25, 0.3) is 5.91 Å². The zero-order valence-corrected chi connectivity index (χ0v) is 13.5. The lowest BCUT2D eigenvalue weighted by Crippen LogP contribution is -2.29. The van der Waals surface area contributed by atoms with E-state index in [1.165, 1.54) is 6.92 Å². The topological polar surface area (TPSA) is 64.6 Å². The van der Waals surface area contributed by atoms with Crippen molar-refractivity contribution in [2.45, 2.75) is 13.0 Å². The number of esters is 1. The lowest BCUT2D eigenvalue weighted by atomic mass is 10.2. The Labute approximate surface area is 139 Å². The molecular formula is C17H16ClNO4. The molecule has 1 N–H and O–H groups in total. The van der Waals surface area contributed by atoms with E-state index in [-0.39, 0.29) is 0 Å². The molecular weight excluding hydrogens is 318 g/mol. The standard InChI is InChI=1S/C17H16ClNO4/c1-11(23-17(21)12-3-5-13(18)6-4-12)16(20)19-14-7-9-15(22-2)10-8-14/h3-11H,1-2H3,(H,19,20)/t11-/m1/s1. The van der Waals surface area contributed by atoms with Crippen LogP contribution in [-0.4, -0.2) is 25.1 Å². The van der Waals surface area contributed by atoms with E-state index in [2.05, 4.69) is 5.32 Å². The van der Waals surface area contributed by atoms with Gasteiger partial charge in [-0.2, -0.15) is 0 Å². The predicted molar refractivity (Wildman–Crippen MR) is 88.0 cm³/mol. The summed E-state index contributed by atoms with van der Waals surface area (Å²) in [6, 6.07) is 13.1. The average molecular weight is 334 g/mol. The fourth-order valence-corrected chi connectivity index (χ4v) is 1.91. The van der Waals surface area contributed by atoms with Crippen molar-refractivity contribution in [3.8, 4) is 5.75 Å². The lowest BCUT2D eigenvalue weighted by Gasteiger charge is -2.13. The third-order valence-electron chi connectivity index (χ3n) is 3.09. The normalized spacial score (nSPS) is 11.4. The van der Waals surface area contributed by atoms with E-state index in [1.807, 2.05) is 0 Å². The van der Waals surface area contributed by atoms with Gasteiger partial charge < -0.3 is 14.8 Å². The number of halogens is 1. The number of amides is 1. The number of carbonyl (C=O) groups is 2. The number of rotatable bonds is 5. The van der Waals surface area contributed by atoms with Crippen molar-refractivity contribution in [2.75, 3.05) is 12.4 Å². The van der Waals surface area contributed by atoms with E-state index >= 15 is 0 Å². The maximum Gasteiger partial charge on any atom is 0.338 e. The van der Waals surface area contributed by atoms with Crippen LogP contribution >= 0.6 is 11.6 Å². The minimum absolute atomic E-state index is 0.332. The molecule has 0 aliphatic carbocycles. The maximum atomic E-state index is 12.0. The van der Waals surface area contributed by atoms with Crippen molar-refractivity contribution < 1.29 is 19.1 Å². The van der Waals surface area contributed by atoms with Gasteiger partial charge in [0.05, 0.1) is 12.7 Å². The van der Waals surface area contributed by atoms with Gasteiger partial charge in [-0.3, -0.25) is 4.79 Å². The summed E-state index contributed by atoms with van der Waals surface area (Å²) in [5.74, 6) is -0.318. The number of carbonyl (C=O) groups excluding carboxylic acids is 2. The fourth-order valence-electron chi connectivity index (χ4n) is 1.79. The lowest BCUT2D eigenvalue weighted by molar-refractivity contribution is -0.123. The van der Waals surface area contributed by atoms with Crippen molar-refractivity contribution in [1.29, 1.82) is 0 Å². The Morgan fingerprint density at radius 3 is 2.22 bits per heavy atom. The number of methoxy groups -OCH3 is 1. The minimum Gasteiger partial charge on any atom is -0.497 e. The van der Waals surface area contributed by atoms with Gasteiger partial charge in [0, 0.05) is 10.7 Å². The quantitative estimate of drug-likeness (QED) is 0.850. The summed E-state index contributed by atoms with van der Waals surface area (Å²) in [5, 5.41) is 3.19. The molecule has 2 aromatic rings. The van der Waals surface area contributed by atoms with Crippen LogP contribution in [0, 0.1) is 0 Å². The summed E-state index contributed by atoms with van der Waals surface area (Å²) in [5.41, 5.74) is 0.920. The second-order valence-corrected chi connectivity index (χ2v) is 5.21. The molecule has 2 aromatic carbocycles. The number of benzene rings is 2. The van der Waals surface area contributed by atoms with Gasteiger partial charge >= 0.3 is 5.97 Å².